The first-order chi connectivity index (χ1) is 19.7. The van der Waals surface area contributed by atoms with Crippen LogP contribution in [-0.2, 0) is 9.53 Å². The number of carbonyl (C=O) groups excluding carboxylic acids is 2. The van der Waals surface area contributed by atoms with Gasteiger partial charge in [-0.2, -0.15) is 14.9 Å². The first-order valence-corrected chi connectivity index (χ1v) is 13.8. The third kappa shape index (κ3) is 5.35. The molecule has 0 bridgehead atoms. The summed E-state index contributed by atoms with van der Waals surface area (Å²) in [6, 6.07) is 10.8. The average molecular weight is 556 g/mol. The number of benzene rings is 1. The third-order valence-corrected chi connectivity index (χ3v) is 7.48. The van der Waals surface area contributed by atoms with E-state index < -0.39 is 5.97 Å². The van der Waals surface area contributed by atoms with E-state index in [-0.39, 0.29) is 41.5 Å². The molecule has 0 saturated heterocycles. The summed E-state index contributed by atoms with van der Waals surface area (Å²) in [5.41, 5.74) is 8.72. The number of aromatic nitrogens is 6. The number of rotatable bonds is 7. The van der Waals surface area contributed by atoms with Crippen molar-refractivity contribution in [2.75, 3.05) is 17.2 Å². The quantitative estimate of drug-likeness (QED) is 0.330. The van der Waals surface area contributed by atoms with E-state index in [2.05, 4.69) is 22.2 Å². The first kappa shape index (κ1) is 27.8. The molecule has 2 N–H and O–H groups in total. The number of carbonyl (C=O) groups is 2. The highest BCUT2D eigenvalue weighted by molar-refractivity contribution is 6.02. The highest BCUT2D eigenvalue weighted by Crippen LogP contribution is 2.33. The van der Waals surface area contributed by atoms with Crippen LogP contribution < -0.4 is 10.6 Å². The predicted molar refractivity (Wildman–Crippen MR) is 152 cm³/mol. The molecule has 4 aromatic rings. The number of nitrogen functional groups attached to an aromatic ring is 1. The Labute approximate surface area is 237 Å². The number of esters is 1. The molecule has 1 aromatic carbocycles. The van der Waals surface area contributed by atoms with Gasteiger partial charge in [0.25, 0.3) is 0 Å². The largest absolute Gasteiger partial charge is 0.462 e. The SMILES string of the molecule is CCOC(=O)c1cn(-c2ccc(-c3cc4nnc(C#N)c(N)n4n3)cc2)nc1N(C(=O)C1CCC(C)CC1)C(C)C. The molecular formula is C29H33N9O3. The zero-order chi connectivity index (χ0) is 29.3. The van der Waals surface area contributed by atoms with Crippen molar-refractivity contribution < 1.29 is 14.3 Å². The maximum absolute atomic E-state index is 13.7. The van der Waals surface area contributed by atoms with Crippen molar-refractivity contribution in [2.45, 2.75) is 59.4 Å². The van der Waals surface area contributed by atoms with E-state index in [1.807, 2.05) is 44.2 Å². The van der Waals surface area contributed by atoms with Gasteiger partial charge in [0.2, 0.25) is 11.6 Å². The molecular weight excluding hydrogens is 522 g/mol. The molecule has 0 atom stereocenters. The molecule has 12 heteroatoms. The smallest absolute Gasteiger partial charge is 0.343 e. The van der Waals surface area contributed by atoms with Crippen LogP contribution in [0, 0.1) is 23.2 Å². The van der Waals surface area contributed by atoms with Crippen molar-refractivity contribution in [3.05, 3.63) is 47.8 Å². The van der Waals surface area contributed by atoms with Gasteiger partial charge in [-0.05, 0) is 64.5 Å². The molecule has 1 fully saturated rings. The van der Waals surface area contributed by atoms with Crippen molar-refractivity contribution in [2.24, 2.45) is 11.8 Å². The molecule has 0 unspecified atom stereocenters. The molecule has 1 aliphatic rings. The monoisotopic (exact) mass is 555 g/mol. The lowest BCUT2D eigenvalue weighted by Gasteiger charge is -2.32. The summed E-state index contributed by atoms with van der Waals surface area (Å²) < 4.78 is 8.30. The second-order valence-electron chi connectivity index (χ2n) is 10.7. The normalized spacial score (nSPS) is 17.0. The second-order valence-corrected chi connectivity index (χ2v) is 10.7. The molecule has 12 nitrogen and oxygen atoms in total. The van der Waals surface area contributed by atoms with Gasteiger partial charge in [0.05, 0.1) is 18.0 Å². The lowest BCUT2D eigenvalue weighted by Crippen LogP contribution is -2.43. The Kier molecular flexibility index (Phi) is 7.70. The highest BCUT2D eigenvalue weighted by Gasteiger charge is 2.34. The number of hydrogen-bond donors (Lipinski definition) is 1. The van der Waals surface area contributed by atoms with E-state index in [0.29, 0.717) is 28.8 Å². The van der Waals surface area contributed by atoms with Crippen LogP contribution in [0.2, 0.25) is 0 Å². The number of nitrogens with two attached hydrogens (primary N) is 1. The van der Waals surface area contributed by atoms with Crippen molar-refractivity contribution in [3.8, 4) is 23.0 Å². The van der Waals surface area contributed by atoms with Crippen molar-refractivity contribution in [1.29, 1.82) is 5.26 Å². The van der Waals surface area contributed by atoms with Crippen LogP contribution >= 0.6 is 0 Å². The molecule has 0 aliphatic heterocycles. The lowest BCUT2D eigenvalue weighted by molar-refractivity contribution is -0.124. The van der Waals surface area contributed by atoms with Gasteiger partial charge in [-0.15, -0.1) is 15.3 Å². The minimum absolute atomic E-state index is 0.00126. The van der Waals surface area contributed by atoms with Crippen LogP contribution in [-0.4, -0.2) is 54.1 Å². The van der Waals surface area contributed by atoms with Gasteiger partial charge in [-0.3, -0.25) is 9.69 Å². The second kappa shape index (κ2) is 11.4. The number of anilines is 2. The van der Waals surface area contributed by atoms with Gasteiger partial charge < -0.3 is 10.5 Å². The fraction of sp³-hybridized carbons (Fsp3) is 0.414. The minimum atomic E-state index is -0.527. The molecule has 41 heavy (non-hydrogen) atoms. The minimum Gasteiger partial charge on any atom is -0.462 e. The maximum Gasteiger partial charge on any atom is 0.343 e. The molecule has 0 radical (unpaired) electrons. The number of amides is 1. The summed E-state index contributed by atoms with van der Waals surface area (Å²) in [5, 5.41) is 26.2. The molecule has 212 valence electrons. The van der Waals surface area contributed by atoms with E-state index >= 15 is 0 Å². The lowest BCUT2D eigenvalue weighted by atomic mass is 9.82. The molecule has 1 aliphatic carbocycles. The standard InChI is InChI=1S/C29H33N9O3/c1-5-41-29(40)22-16-36(35-27(22)37(17(2)3)28(39)20-8-6-18(4)7-9-20)21-12-10-19(11-13-21)23-14-25-33-32-24(15-30)26(31)38(25)34-23/h10-14,16-18,20H,5-9,31H2,1-4H3. The van der Waals surface area contributed by atoms with E-state index in [1.165, 1.54) is 4.52 Å². The Balaban J connectivity index is 1.49. The summed E-state index contributed by atoms with van der Waals surface area (Å²) in [7, 11) is 0. The van der Waals surface area contributed by atoms with Crippen molar-refractivity contribution in [1.82, 2.24) is 29.6 Å². The first-order valence-electron chi connectivity index (χ1n) is 13.8. The number of ether oxygens (including phenoxy) is 1. The van der Waals surface area contributed by atoms with E-state index in [0.717, 1.165) is 31.2 Å². The molecule has 1 amide bonds. The van der Waals surface area contributed by atoms with Crippen LogP contribution in [0.25, 0.3) is 22.6 Å². The van der Waals surface area contributed by atoms with E-state index in [4.69, 9.17) is 20.8 Å². The predicted octanol–water partition coefficient (Wildman–Crippen LogP) is 4.18. The van der Waals surface area contributed by atoms with Gasteiger partial charge in [0.15, 0.2) is 17.3 Å². The van der Waals surface area contributed by atoms with Gasteiger partial charge >= 0.3 is 5.97 Å². The molecule has 3 heterocycles. The van der Waals surface area contributed by atoms with Crippen molar-refractivity contribution in [3.63, 3.8) is 0 Å². The molecule has 3 aromatic heterocycles. The molecule has 1 saturated carbocycles. The molecule has 0 spiro atoms. The fourth-order valence-corrected chi connectivity index (χ4v) is 5.21. The topological polar surface area (TPSA) is 157 Å². The van der Waals surface area contributed by atoms with Gasteiger partial charge in [-0.1, -0.05) is 19.1 Å². The zero-order valence-electron chi connectivity index (χ0n) is 23.6. The summed E-state index contributed by atoms with van der Waals surface area (Å²) in [5.74, 6) is 0.399. The number of nitrogens with zero attached hydrogens (tertiary/aromatic N) is 8. The number of fused-ring (bicyclic) bond motifs is 1. The average Bonchev–Trinajstić information content (AvgIpc) is 3.60. The summed E-state index contributed by atoms with van der Waals surface area (Å²) in [4.78, 5) is 28.4. The summed E-state index contributed by atoms with van der Waals surface area (Å²) in [6.07, 6.45) is 5.30. The Morgan fingerprint density at radius 3 is 2.49 bits per heavy atom. The Hall–Kier alpha value is -4.79. The van der Waals surface area contributed by atoms with Crippen LogP contribution in [0.3, 0.4) is 0 Å². The maximum atomic E-state index is 13.7. The van der Waals surface area contributed by atoms with Crippen LogP contribution in [0.1, 0.15) is 69.4 Å². The Bertz CT molecular complexity index is 1620. The Morgan fingerprint density at radius 1 is 1.15 bits per heavy atom. The van der Waals surface area contributed by atoms with E-state index in [9.17, 15) is 9.59 Å². The van der Waals surface area contributed by atoms with E-state index in [1.54, 1.807) is 28.8 Å². The van der Waals surface area contributed by atoms with Crippen LogP contribution in [0.4, 0.5) is 11.6 Å². The van der Waals surface area contributed by atoms with Gasteiger partial charge in [0, 0.05) is 29.8 Å². The van der Waals surface area contributed by atoms with Gasteiger partial charge in [-0.25, -0.2) is 9.48 Å². The van der Waals surface area contributed by atoms with Crippen LogP contribution in [0.15, 0.2) is 36.5 Å². The van der Waals surface area contributed by atoms with Gasteiger partial charge in [0.1, 0.15) is 11.6 Å². The Morgan fingerprint density at radius 2 is 1.85 bits per heavy atom. The van der Waals surface area contributed by atoms with Crippen molar-refractivity contribution >= 4 is 29.2 Å². The zero-order valence-corrected chi connectivity index (χ0v) is 23.6. The highest BCUT2D eigenvalue weighted by atomic mass is 16.5. The number of nitriles is 1. The molecule has 5 rings (SSSR count). The summed E-state index contributed by atoms with van der Waals surface area (Å²) in [6.45, 7) is 8.03. The fourth-order valence-electron chi connectivity index (χ4n) is 5.21. The van der Waals surface area contributed by atoms with Crippen LogP contribution in [0.5, 0.6) is 0 Å². The third-order valence-electron chi connectivity index (χ3n) is 7.48. The summed E-state index contributed by atoms with van der Waals surface area (Å²) >= 11 is 0. The number of hydrogen-bond acceptors (Lipinski definition) is 9.